The molecule has 1 heterocycles. The number of nitrogens with two attached hydrogens (primary N) is 2. The Morgan fingerprint density at radius 3 is 1.75 bits per heavy atom. The third kappa shape index (κ3) is 10.0. The number of rotatable bonds is 14. The van der Waals surface area contributed by atoms with Crippen LogP contribution in [0.5, 0.6) is 0 Å². The second kappa shape index (κ2) is 16.0. The number of ether oxygens (including phenoxy) is 5. The fraction of sp³-hybridized carbons (Fsp3) is 0.407. The number of hydrogen-bond donors (Lipinski definition) is 2. The van der Waals surface area contributed by atoms with Crippen LogP contribution in [-0.2, 0) is 47.7 Å². The highest BCUT2D eigenvalue weighted by molar-refractivity contribution is 7.80. The van der Waals surface area contributed by atoms with Crippen molar-refractivity contribution in [1.82, 2.24) is 9.78 Å². The van der Waals surface area contributed by atoms with Crippen molar-refractivity contribution in [3.8, 4) is 5.69 Å². The van der Waals surface area contributed by atoms with E-state index < -0.39 is 73.3 Å². The van der Waals surface area contributed by atoms with Crippen LogP contribution in [0.25, 0.3) is 5.69 Å². The van der Waals surface area contributed by atoms with E-state index in [4.69, 9.17) is 47.4 Å². The van der Waals surface area contributed by atoms with Crippen molar-refractivity contribution in [2.75, 3.05) is 18.1 Å². The first kappa shape index (κ1) is 35.1. The van der Waals surface area contributed by atoms with E-state index >= 15 is 0 Å². The van der Waals surface area contributed by atoms with Crippen molar-refractivity contribution >= 4 is 58.9 Å². The molecular formula is C27H33N5O11S. The predicted molar refractivity (Wildman–Crippen MR) is 155 cm³/mol. The fourth-order valence-corrected chi connectivity index (χ4v) is 4.28. The van der Waals surface area contributed by atoms with Gasteiger partial charge >= 0.3 is 29.8 Å². The zero-order valence-electron chi connectivity index (χ0n) is 24.6. The quantitative estimate of drug-likeness (QED) is 0.162. The Labute approximate surface area is 257 Å². The van der Waals surface area contributed by atoms with Crippen molar-refractivity contribution in [2.24, 2.45) is 11.5 Å². The van der Waals surface area contributed by atoms with E-state index in [1.165, 1.54) is 10.9 Å². The second-order valence-electron chi connectivity index (χ2n) is 9.19. The van der Waals surface area contributed by atoms with Gasteiger partial charge in [-0.1, -0.05) is 18.2 Å². The zero-order valence-corrected chi connectivity index (χ0v) is 25.4. The van der Waals surface area contributed by atoms with E-state index in [0.717, 1.165) is 39.5 Å². The summed E-state index contributed by atoms with van der Waals surface area (Å²) in [5.41, 5.74) is 12.1. The molecule has 1 amide bonds. The fourth-order valence-electron chi connectivity index (χ4n) is 4.12. The SMILES string of the molecule is CC(=O)OC[C@@H](OC(C)=O)[C@@H](OC(C)=O)[C@H](OC(C)=O)[C@H](CN(C(N)=S)c1c(C(N)=O)cnn1-c1ccccc1)OC(C)=O. The van der Waals surface area contributed by atoms with Crippen molar-refractivity contribution in [2.45, 2.75) is 59.0 Å². The number of anilines is 1. The highest BCUT2D eigenvalue weighted by Gasteiger charge is 2.45. The number of hydrogen-bond acceptors (Lipinski definition) is 13. The molecule has 0 aliphatic carbocycles. The number of amides is 1. The third-order valence-electron chi connectivity index (χ3n) is 5.64. The highest BCUT2D eigenvalue weighted by Crippen LogP contribution is 2.27. The number of nitrogens with zero attached hydrogens (tertiary/aromatic N) is 3. The van der Waals surface area contributed by atoms with E-state index in [2.05, 4.69) is 5.10 Å². The minimum Gasteiger partial charge on any atom is -0.462 e. The maximum absolute atomic E-state index is 12.4. The Kier molecular flexibility index (Phi) is 12.8. The molecule has 4 N–H and O–H groups in total. The number of carbonyl (C=O) groups excluding carboxylic acids is 6. The molecule has 0 aliphatic heterocycles. The van der Waals surface area contributed by atoms with E-state index in [-0.39, 0.29) is 16.5 Å². The number of primary amides is 1. The van der Waals surface area contributed by atoms with Crippen LogP contribution in [0.15, 0.2) is 36.5 Å². The van der Waals surface area contributed by atoms with Crippen molar-refractivity contribution in [3.63, 3.8) is 0 Å². The lowest BCUT2D eigenvalue weighted by molar-refractivity contribution is -0.201. The van der Waals surface area contributed by atoms with Crippen LogP contribution < -0.4 is 16.4 Å². The number of para-hydroxylation sites is 1. The molecule has 0 bridgehead atoms. The van der Waals surface area contributed by atoms with Gasteiger partial charge in [0.15, 0.2) is 35.3 Å². The molecule has 17 heteroatoms. The van der Waals surface area contributed by atoms with Crippen molar-refractivity contribution in [3.05, 3.63) is 42.1 Å². The van der Waals surface area contributed by atoms with E-state index in [9.17, 15) is 28.8 Å². The topological polar surface area (TPSA) is 222 Å². The molecule has 0 unspecified atom stereocenters. The number of thiocarbonyl (C=S) groups is 1. The van der Waals surface area contributed by atoms with Gasteiger partial charge in [-0.2, -0.15) is 5.10 Å². The van der Waals surface area contributed by atoms with Gasteiger partial charge in [-0.05, 0) is 24.4 Å². The summed E-state index contributed by atoms with van der Waals surface area (Å²) in [7, 11) is 0. The number of esters is 5. The number of carbonyl (C=O) groups is 6. The van der Waals surface area contributed by atoms with Crippen LogP contribution in [0.4, 0.5) is 5.82 Å². The second-order valence-corrected chi connectivity index (χ2v) is 9.61. The maximum Gasteiger partial charge on any atom is 0.303 e. The molecule has 238 valence electrons. The Balaban J connectivity index is 2.77. The van der Waals surface area contributed by atoms with E-state index in [1.807, 2.05) is 0 Å². The predicted octanol–water partition coefficient (Wildman–Crippen LogP) is 0.311. The molecule has 0 fully saturated rings. The van der Waals surface area contributed by atoms with Gasteiger partial charge < -0.3 is 35.2 Å². The molecule has 1 aromatic carbocycles. The molecule has 44 heavy (non-hydrogen) atoms. The first-order valence-electron chi connectivity index (χ1n) is 12.9. The molecule has 0 spiro atoms. The average molecular weight is 636 g/mol. The molecule has 0 saturated carbocycles. The van der Waals surface area contributed by atoms with Gasteiger partial charge in [0.25, 0.3) is 5.91 Å². The molecule has 4 atom stereocenters. The Bertz CT molecular complexity index is 1400. The maximum atomic E-state index is 12.4. The standard InChI is InChI=1S/C27H33N5O11S/c1-14(33)39-13-22(41-16(3)35)24(43-18(5)37)23(42-17(4)36)21(40-15(2)34)12-31(27(29)44)26-20(25(28)38)11-30-32(26)19-9-7-6-8-10-19/h6-11,21-24H,12-13H2,1-5H3,(H2,28,38)(H2,29,44)/t21-,22+,23+,24+/m0/s1. The first-order chi connectivity index (χ1) is 20.6. The van der Waals surface area contributed by atoms with Gasteiger partial charge in [0.2, 0.25) is 0 Å². The average Bonchev–Trinajstić information content (AvgIpc) is 3.35. The number of aromatic nitrogens is 2. The smallest absolute Gasteiger partial charge is 0.303 e. The summed E-state index contributed by atoms with van der Waals surface area (Å²) in [4.78, 5) is 74.1. The summed E-state index contributed by atoms with van der Waals surface area (Å²) in [5.74, 6) is -5.30. The molecule has 0 radical (unpaired) electrons. The van der Waals surface area contributed by atoms with Gasteiger partial charge in [-0.25, -0.2) is 4.68 Å². The van der Waals surface area contributed by atoms with E-state index in [1.54, 1.807) is 30.3 Å². The largest absolute Gasteiger partial charge is 0.462 e. The number of benzene rings is 1. The van der Waals surface area contributed by atoms with Gasteiger partial charge in [-0.3, -0.25) is 33.7 Å². The van der Waals surface area contributed by atoms with Crippen molar-refractivity contribution < 1.29 is 52.5 Å². The van der Waals surface area contributed by atoms with Gasteiger partial charge in [0, 0.05) is 34.6 Å². The molecule has 0 aliphatic rings. The lowest BCUT2D eigenvalue weighted by Crippen LogP contribution is -2.57. The summed E-state index contributed by atoms with van der Waals surface area (Å²) in [6.07, 6.45) is -5.37. The van der Waals surface area contributed by atoms with Crippen molar-refractivity contribution in [1.29, 1.82) is 0 Å². The zero-order chi connectivity index (χ0) is 33.1. The molecular weight excluding hydrogens is 602 g/mol. The molecule has 16 nitrogen and oxygen atoms in total. The lowest BCUT2D eigenvalue weighted by atomic mass is 10.0. The van der Waals surface area contributed by atoms with Crippen LogP contribution in [0, 0.1) is 0 Å². The molecule has 1 aromatic heterocycles. The summed E-state index contributed by atoms with van der Waals surface area (Å²) in [6, 6.07) is 8.49. The minimum atomic E-state index is -1.72. The molecule has 2 rings (SSSR count). The Morgan fingerprint density at radius 2 is 1.30 bits per heavy atom. The van der Waals surface area contributed by atoms with Crippen LogP contribution in [-0.4, -0.2) is 88.2 Å². The first-order valence-corrected chi connectivity index (χ1v) is 13.4. The van der Waals surface area contributed by atoms with Crippen LogP contribution in [0.3, 0.4) is 0 Å². The molecule has 2 aromatic rings. The molecule has 0 saturated heterocycles. The van der Waals surface area contributed by atoms with Gasteiger partial charge in [-0.15, -0.1) is 0 Å². The summed E-state index contributed by atoms with van der Waals surface area (Å²) in [6.45, 7) is 4.05. The van der Waals surface area contributed by atoms with E-state index in [0.29, 0.717) is 5.69 Å². The third-order valence-corrected chi connectivity index (χ3v) is 5.86. The normalized spacial score (nSPS) is 13.3. The monoisotopic (exact) mass is 635 g/mol. The Hall–Kier alpha value is -5.06. The summed E-state index contributed by atoms with van der Waals surface area (Å²) in [5, 5.41) is 3.88. The van der Waals surface area contributed by atoms with Crippen LogP contribution in [0.1, 0.15) is 45.0 Å². The highest BCUT2D eigenvalue weighted by atomic mass is 32.1. The van der Waals surface area contributed by atoms with Gasteiger partial charge in [0.1, 0.15) is 12.2 Å². The lowest BCUT2D eigenvalue weighted by Gasteiger charge is -2.37. The van der Waals surface area contributed by atoms with Gasteiger partial charge in [0.05, 0.1) is 18.4 Å². The van der Waals surface area contributed by atoms with Crippen LogP contribution >= 0.6 is 12.2 Å². The van der Waals surface area contributed by atoms with Crippen LogP contribution in [0.2, 0.25) is 0 Å². The Morgan fingerprint density at radius 1 is 0.795 bits per heavy atom. The minimum absolute atomic E-state index is 0.0320. The summed E-state index contributed by atoms with van der Waals surface area (Å²) >= 11 is 5.29. The summed E-state index contributed by atoms with van der Waals surface area (Å²) < 4.78 is 28.0.